The summed E-state index contributed by atoms with van der Waals surface area (Å²) in [6, 6.07) is 5.06. The molecule has 3 rings (SSSR count). The van der Waals surface area contributed by atoms with Gasteiger partial charge in [0.25, 0.3) is 0 Å². The molecule has 0 amide bonds. The first-order valence-electron chi connectivity index (χ1n) is 5.80. The zero-order chi connectivity index (χ0) is 12.0. The maximum Gasteiger partial charge on any atom is 0.149 e. The summed E-state index contributed by atoms with van der Waals surface area (Å²) in [4.78, 5) is 0. The van der Waals surface area contributed by atoms with Gasteiger partial charge < -0.3 is 5.73 Å². The van der Waals surface area contributed by atoms with Crippen molar-refractivity contribution in [2.24, 2.45) is 0 Å². The lowest BCUT2D eigenvalue weighted by Crippen LogP contribution is -2.06. The number of anilines is 1. The van der Waals surface area contributed by atoms with E-state index in [1.165, 1.54) is 6.07 Å². The minimum atomic E-state index is -0.248. The summed E-state index contributed by atoms with van der Waals surface area (Å²) < 4.78 is 15.6. The van der Waals surface area contributed by atoms with Gasteiger partial charge in [0, 0.05) is 11.3 Å². The summed E-state index contributed by atoms with van der Waals surface area (Å²) in [5.74, 6) is 0.294. The third-order valence-corrected chi connectivity index (χ3v) is 3.36. The van der Waals surface area contributed by atoms with Crippen LogP contribution in [0.4, 0.5) is 10.2 Å². The Labute approximate surface area is 99.1 Å². The molecular formula is C13H14FN3. The van der Waals surface area contributed by atoms with E-state index in [0.717, 1.165) is 36.1 Å². The quantitative estimate of drug-likeness (QED) is 0.819. The smallest absolute Gasteiger partial charge is 0.149 e. The number of aryl methyl sites for hydroxylation is 1. The van der Waals surface area contributed by atoms with E-state index in [2.05, 4.69) is 5.10 Å². The van der Waals surface area contributed by atoms with Crippen LogP contribution in [0, 0.1) is 12.7 Å². The van der Waals surface area contributed by atoms with E-state index in [1.807, 2.05) is 13.0 Å². The number of nitrogens with two attached hydrogens (primary N) is 1. The fourth-order valence-electron chi connectivity index (χ4n) is 2.54. The molecule has 0 unspecified atom stereocenters. The lowest BCUT2D eigenvalue weighted by atomic mass is 10.2. The predicted octanol–water partition coefficient (Wildman–Crippen LogP) is 2.39. The molecule has 2 aromatic rings. The molecule has 0 fully saturated rings. The summed E-state index contributed by atoms with van der Waals surface area (Å²) >= 11 is 0. The Kier molecular flexibility index (Phi) is 2.18. The Hall–Kier alpha value is -1.84. The molecule has 0 saturated heterocycles. The van der Waals surface area contributed by atoms with Crippen LogP contribution in [-0.2, 0) is 12.8 Å². The van der Waals surface area contributed by atoms with Gasteiger partial charge in [0.15, 0.2) is 0 Å². The van der Waals surface area contributed by atoms with Crippen LogP contribution in [0.15, 0.2) is 18.2 Å². The van der Waals surface area contributed by atoms with E-state index in [0.29, 0.717) is 11.5 Å². The van der Waals surface area contributed by atoms with Crippen LogP contribution in [0.2, 0.25) is 0 Å². The molecule has 17 heavy (non-hydrogen) atoms. The molecular weight excluding hydrogens is 217 g/mol. The SMILES string of the molecule is Cc1cccc(F)c1-n1nc(N)c2c1CCC2. The maximum atomic E-state index is 13.9. The first kappa shape index (κ1) is 10.3. The van der Waals surface area contributed by atoms with Crippen LogP contribution in [0.25, 0.3) is 5.69 Å². The lowest BCUT2D eigenvalue weighted by molar-refractivity contribution is 0.605. The van der Waals surface area contributed by atoms with Gasteiger partial charge in [-0.15, -0.1) is 0 Å². The minimum absolute atomic E-state index is 0.248. The summed E-state index contributed by atoms with van der Waals surface area (Å²) in [6.45, 7) is 1.89. The maximum absolute atomic E-state index is 13.9. The fourth-order valence-corrected chi connectivity index (χ4v) is 2.54. The number of halogens is 1. The Bertz CT molecular complexity index is 566. The molecule has 1 aromatic heterocycles. The zero-order valence-corrected chi connectivity index (χ0v) is 9.70. The van der Waals surface area contributed by atoms with Gasteiger partial charge in [-0.05, 0) is 37.8 Å². The first-order chi connectivity index (χ1) is 8.18. The summed E-state index contributed by atoms with van der Waals surface area (Å²) in [7, 11) is 0. The standard InChI is InChI=1S/C13H14FN3/c1-8-4-2-6-10(14)12(8)17-11-7-3-5-9(11)13(15)16-17/h2,4,6H,3,5,7H2,1H3,(H2,15,16). The van der Waals surface area contributed by atoms with Crippen molar-refractivity contribution in [3.63, 3.8) is 0 Å². The molecule has 0 radical (unpaired) electrons. The Morgan fingerprint density at radius 3 is 2.94 bits per heavy atom. The Balaban J connectivity index is 2.26. The van der Waals surface area contributed by atoms with E-state index in [1.54, 1.807) is 10.7 Å². The van der Waals surface area contributed by atoms with E-state index >= 15 is 0 Å². The van der Waals surface area contributed by atoms with E-state index < -0.39 is 0 Å². The molecule has 0 saturated carbocycles. The van der Waals surface area contributed by atoms with Gasteiger partial charge in [0.2, 0.25) is 0 Å². The summed E-state index contributed by atoms with van der Waals surface area (Å²) in [5.41, 5.74) is 9.44. The summed E-state index contributed by atoms with van der Waals surface area (Å²) in [5, 5.41) is 4.28. The van der Waals surface area contributed by atoms with Gasteiger partial charge in [-0.25, -0.2) is 9.07 Å². The van der Waals surface area contributed by atoms with E-state index in [9.17, 15) is 4.39 Å². The van der Waals surface area contributed by atoms with Crippen LogP contribution < -0.4 is 5.73 Å². The number of rotatable bonds is 1. The topological polar surface area (TPSA) is 43.8 Å². The van der Waals surface area contributed by atoms with Crippen LogP contribution >= 0.6 is 0 Å². The van der Waals surface area contributed by atoms with Crippen molar-refractivity contribution in [2.75, 3.05) is 5.73 Å². The highest BCUT2D eigenvalue weighted by molar-refractivity contribution is 5.51. The largest absolute Gasteiger partial charge is 0.382 e. The Morgan fingerprint density at radius 1 is 1.35 bits per heavy atom. The average Bonchev–Trinajstić information content (AvgIpc) is 2.84. The van der Waals surface area contributed by atoms with Crippen molar-refractivity contribution >= 4 is 5.82 Å². The highest BCUT2D eigenvalue weighted by atomic mass is 19.1. The second-order valence-corrected chi connectivity index (χ2v) is 4.48. The van der Waals surface area contributed by atoms with Crippen LogP contribution in [0.5, 0.6) is 0 Å². The zero-order valence-electron chi connectivity index (χ0n) is 9.70. The number of hydrogen-bond donors (Lipinski definition) is 1. The number of benzene rings is 1. The minimum Gasteiger partial charge on any atom is -0.382 e. The van der Waals surface area contributed by atoms with Crippen LogP contribution in [-0.4, -0.2) is 9.78 Å². The van der Waals surface area contributed by atoms with Gasteiger partial charge in [0.05, 0.1) is 0 Å². The number of aromatic nitrogens is 2. The molecule has 4 heteroatoms. The van der Waals surface area contributed by atoms with Crippen molar-refractivity contribution in [3.05, 3.63) is 40.8 Å². The van der Waals surface area contributed by atoms with Gasteiger partial charge in [-0.2, -0.15) is 5.10 Å². The van der Waals surface area contributed by atoms with Crippen molar-refractivity contribution in [1.29, 1.82) is 0 Å². The van der Waals surface area contributed by atoms with Gasteiger partial charge in [-0.1, -0.05) is 12.1 Å². The van der Waals surface area contributed by atoms with Crippen LogP contribution in [0.3, 0.4) is 0 Å². The molecule has 1 heterocycles. The third kappa shape index (κ3) is 1.44. The molecule has 3 nitrogen and oxygen atoms in total. The summed E-state index contributed by atoms with van der Waals surface area (Å²) in [6.07, 6.45) is 2.95. The average molecular weight is 231 g/mol. The fraction of sp³-hybridized carbons (Fsp3) is 0.308. The lowest BCUT2D eigenvalue weighted by Gasteiger charge is -2.09. The molecule has 0 bridgehead atoms. The first-order valence-corrected chi connectivity index (χ1v) is 5.80. The number of para-hydroxylation sites is 1. The van der Waals surface area contributed by atoms with Gasteiger partial charge in [-0.3, -0.25) is 0 Å². The van der Waals surface area contributed by atoms with Gasteiger partial charge in [0.1, 0.15) is 17.3 Å². The molecule has 0 aliphatic heterocycles. The molecule has 1 aliphatic carbocycles. The van der Waals surface area contributed by atoms with E-state index in [4.69, 9.17) is 5.73 Å². The van der Waals surface area contributed by atoms with Crippen molar-refractivity contribution in [3.8, 4) is 5.69 Å². The molecule has 1 aromatic carbocycles. The predicted molar refractivity (Wildman–Crippen MR) is 64.7 cm³/mol. The Morgan fingerprint density at radius 2 is 2.18 bits per heavy atom. The second kappa shape index (κ2) is 3.58. The number of hydrogen-bond acceptors (Lipinski definition) is 2. The molecule has 0 atom stereocenters. The molecule has 1 aliphatic rings. The van der Waals surface area contributed by atoms with Crippen molar-refractivity contribution < 1.29 is 4.39 Å². The molecule has 0 spiro atoms. The highest BCUT2D eigenvalue weighted by Gasteiger charge is 2.23. The van der Waals surface area contributed by atoms with Crippen LogP contribution in [0.1, 0.15) is 23.2 Å². The van der Waals surface area contributed by atoms with Crippen molar-refractivity contribution in [2.45, 2.75) is 26.2 Å². The second-order valence-electron chi connectivity index (χ2n) is 4.48. The van der Waals surface area contributed by atoms with E-state index in [-0.39, 0.29) is 5.82 Å². The third-order valence-electron chi connectivity index (χ3n) is 3.36. The number of nitrogens with zero attached hydrogens (tertiary/aromatic N) is 2. The number of nitrogen functional groups attached to an aromatic ring is 1. The van der Waals surface area contributed by atoms with Crippen molar-refractivity contribution in [1.82, 2.24) is 9.78 Å². The highest BCUT2D eigenvalue weighted by Crippen LogP contribution is 2.30. The molecule has 2 N–H and O–H groups in total. The molecule has 88 valence electrons. The normalized spacial score (nSPS) is 14.0. The number of fused-ring (bicyclic) bond motifs is 1. The van der Waals surface area contributed by atoms with Gasteiger partial charge >= 0.3 is 0 Å². The monoisotopic (exact) mass is 231 g/mol.